The first-order valence-electron chi connectivity index (χ1n) is 7.21. The molecular formula is C16H25NO4. The van der Waals surface area contributed by atoms with Crippen LogP contribution >= 0.6 is 0 Å². The molecule has 0 saturated heterocycles. The zero-order valence-electron chi connectivity index (χ0n) is 13.0. The first-order valence-corrected chi connectivity index (χ1v) is 7.21. The van der Waals surface area contributed by atoms with E-state index < -0.39 is 5.97 Å². The van der Waals surface area contributed by atoms with Crippen LogP contribution in [-0.2, 0) is 11.2 Å². The number of carbonyl (C=O) groups is 1. The Labute approximate surface area is 126 Å². The Hall–Kier alpha value is -1.59. The molecule has 0 fully saturated rings. The van der Waals surface area contributed by atoms with Gasteiger partial charge in [0.25, 0.3) is 0 Å². The van der Waals surface area contributed by atoms with E-state index in [4.69, 9.17) is 14.9 Å². The first-order chi connectivity index (χ1) is 9.92. The van der Waals surface area contributed by atoms with E-state index >= 15 is 0 Å². The van der Waals surface area contributed by atoms with Crippen LogP contribution in [0.3, 0.4) is 0 Å². The molecule has 1 aromatic carbocycles. The lowest BCUT2D eigenvalue weighted by Gasteiger charge is -2.26. The van der Waals surface area contributed by atoms with E-state index in [0.717, 1.165) is 11.3 Å². The van der Waals surface area contributed by atoms with Crippen molar-refractivity contribution in [3.63, 3.8) is 0 Å². The number of ether oxygens (including phenoxy) is 1. The van der Waals surface area contributed by atoms with E-state index in [2.05, 4.69) is 0 Å². The van der Waals surface area contributed by atoms with Crippen LogP contribution in [0.5, 0.6) is 5.75 Å². The largest absolute Gasteiger partial charge is 0.491 e. The van der Waals surface area contributed by atoms with Crippen molar-refractivity contribution in [1.29, 1.82) is 0 Å². The molecule has 0 aromatic heterocycles. The molecule has 0 spiro atoms. The summed E-state index contributed by atoms with van der Waals surface area (Å²) in [6, 6.07) is 7.59. The summed E-state index contributed by atoms with van der Waals surface area (Å²) in [5, 5.41) is 18.0. The Kier molecular flexibility index (Phi) is 7.19. The highest BCUT2D eigenvalue weighted by Crippen LogP contribution is 2.17. The summed E-state index contributed by atoms with van der Waals surface area (Å²) in [6.45, 7) is 4.43. The van der Waals surface area contributed by atoms with Gasteiger partial charge in [-0.05, 0) is 45.0 Å². The Morgan fingerprint density at radius 1 is 1.29 bits per heavy atom. The van der Waals surface area contributed by atoms with Crippen LogP contribution in [0.2, 0.25) is 0 Å². The zero-order chi connectivity index (χ0) is 15.8. The molecule has 0 bridgehead atoms. The van der Waals surface area contributed by atoms with Gasteiger partial charge in [-0.1, -0.05) is 12.1 Å². The SMILES string of the molecule is CC(C)Oc1ccc(CC(CC(=O)O)N(C)CCO)cc1. The number of carboxylic acid groups (broad SMARTS) is 1. The molecule has 5 heteroatoms. The molecule has 1 unspecified atom stereocenters. The lowest BCUT2D eigenvalue weighted by Crippen LogP contribution is -2.37. The second-order valence-electron chi connectivity index (χ2n) is 5.47. The van der Waals surface area contributed by atoms with Gasteiger partial charge in [-0.25, -0.2) is 0 Å². The maximum Gasteiger partial charge on any atom is 0.304 e. The second kappa shape index (κ2) is 8.64. The topological polar surface area (TPSA) is 70.0 Å². The number of carboxylic acids is 1. The molecule has 0 saturated carbocycles. The Morgan fingerprint density at radius 2 is 1.90 bits per heavy atom. The number of benzene rings is 1. The highest BCUT2D eigenvalue weighted by molar-refractivity contribution is 5.67. The third-order valence-corrected chi connectivity index (χ3v) is 3.25. The van der Waals surface area contributed by atoms with Crippen molar-refractivity contribution < 1.29 is 19.7 Å². The average Bonchev–Trinajstić information content (AvgIpc) is 2.39. The molecule has 2 N–H and O–H groups in total. The fraction of sp³-hybridized carbons (Fsp3) is 0.562. The highest BCUT2D eigenvalue weighted by Gasteiger charge is 2.18. The van der Waals surface area contributed by atoms with Gasteiger partial charge in [-0.15, -0.1) is 0 Å². The first kappa shape index (κ1) is 17.5. The molecule has 0 aliphatic carbocycles. The number of hydrogen-bond donors (Lipinski definition) is 2. The van der Waals surface area contributed by atoms with E-state index in [-0.39, 0.29) is 25.2 Å². The molecule has 1 atom stereocenters. The summed E-state index contributed by atoms with van der Waals surface area (Å²) in [7, 11) is 1.83. The third kappa shape index (κ3) is 6.60. The molecular weight excluding hydrogens is 270 g/mol. The normalized spacial score (nSPS) is 12.7. The second-order valence-corrected chi connectivity index (χ2v) is 5.47. The molecule has 0 amide bonds. The maximum atomic E-state index is 11.0. The Bertz CT molecular complexity index is 430. The zero-order valence-corrected chi connectivity index (χ0v) is 13.0. The average molecular weight is 295 g/mol. The number of hydrogen-bond acceptors (Lipinski definition) is 4. The van der Waals surface area contributed by atoms with E-state index in [9.17, 15) is 4.79 Å². The maximum absolute atomic E-state index is 11.0. The number of nitrogens with zero attached hydrogens (tertiary/aromatic N) is 1. The van der Waals surface area contributed by atoms with Gasteiger partial charge in [0.1, 0.15) is 5.75 Å². The molecule has 5 nitrogen and oxygen atoms in total. The van der Waals surface area contributed by atoms with Gasteiger partial charge < -0.3 is 19.8 Å². The number of likely N-dealkylation sites (N-methyl/N-ethyl adjacent to an activating group) is 1. The van der Waals surface area contributed by atoms with Gasteiger partial charge >= 0.3 is 5.97 Å². The summed E-state index contributed by atoms with van der Waals surface area (Å²) in [5.74, 6) is -0.0169. The molecule has 0 aliphatic rings. The van der Waals surface area contributed by atoms with Gasteiger partial charge in [0.2, 0.25) is 0 Å². The minimum atomic E-state index is -0.829. The van der Waals surface area contributed by atoms with E-state index in [1.54, 1.807) is 0 Å². The van der Waals surface area contributed by atoms with Crippen LogP contribution in [0.15, 0.2) is 24.3 Å². The van der Waals surface area contributed by atoms with Gasteiger partial charge in [0, 0.05) is 12.6 Å². The monoisotopic (exact) mass is 295 g/mol. The van der Waals surface area contributed by atoms with Gasteiger partial charge in [0.15, 0.2) is 0 Å². The van der Waals surface area contributed by atoms with Crippen LogP contribution in [-0.4, -0.2) is 53.4 Å². The smallest absolute Gasteiger partial charge is 0.304 e. The van der Waals surface area contributed by atoms with E-state index in [1.807, 2.05) is 50.1 Å². The number of rotatable bonds is 9. The van der Waals surface area contributed by atoms with E-state index in [0.29, 0.717) is 13.0 Å². The third-order valence-electron chi connectivity index (χ3n) is 3.25. The molecule has 1 aromatic rings. The minimum absolute atomic E-state index is 0.0216. The fourth-order valence-corrected chi connectivity index (χ4v) is 2.17. The summed E-state index contributed by atoms with van der Waals surface area (Å²) < 4.78 is 5.59. The Balaban J connectivity index is 2.71. The summed E-state index contributed by atoms with van der Waals surface area (Å²) >= 11 is 0. The highest BCUT2D eigenvalue weighted by atomic mass is 16.5. The molecule has 118 valence electrons. The molecule has 0 aliphatic heterocycles. The van der Waals surface area contributed by atoms with Crippen LogP contribution in [0, 0.1) is 0 Å². The minimum Gasteiger partial charge on any atom is -0.491 e. The van der Waals surface area contributed by atoms with Gasteiger partial charge in [-0.2, -0.15) is 0 Å². The lowest BCUT2D eigenvalue weighted by molar-refractivity contribution is -0.138. The van der Waals surface area contributed by atoms with Crippen molar-refractivity contribution in [3.8, 4) is 5.75 Å². The molecule has 1 rings (SSSR count). The van der Waals surface area contributed by atoms with Crippen molar-refractivity contribution in [1.82, 2.24) is 4.90 Å². The van der Waals surface area contributed by atoms with Crippen molar-refractivity contribution in [2.75, 3.05) is 20.2 Å². The quantitative estimate of drug-likeness (QED) is 0.727. The van der Waals surface area contributed by atoms with Crippen molar-refractivity contribution in [2.45, 2.75) is 38.8 Å². The van der Waals surface area contributed by atoms with Crippen LogP contribution < -0.4 is 4.74 Å². The van der Waals surface area contributed by atoms with Crippen LogP contribution in [0.25, 0.3) is 0 Å². The van der Waals surface area contributed by atoms with Crippen molar-refractivity contribution in [3.05, 3.63) is 29.8 Å². The number of aliphatic hydroxyl groups is 1. The predicted molar refractivity (Wildman–Crippen MR) is 81.7 cm³/mol. The molecule has 0 heterocycles. The standard InChI is InChI=1S/C16H25NO4/c1-12(2)21-15-6-4-13(5-7-15)10-14(11-16(19)20)17(3)8-9-18/h4-7,12,14,18H,8-11H2,1-3H3,(H,19,20). The number of aliphatic hydroxyl groups excluding tert-OH is 1. The fourth-order valence-electron chi connectivity index (χ4n) is 2.17. The summed E-state index contributed by atoms with van der Waals surface area (Å²) in [6.07, 6.45) is 0.817. The van der Waals surface area contributed by atoms with Crippen molar-refractivity contribution >= 4 is 5.97 Å². The van der Waals surface area contributed by atoms with Crippen LogP contribution in [0.1, 0.15) is 25.8 Å². The van der Waals surface area contributed by atoms with Gasteiger partial charge in [-0.3, -0.25) is 4.79 Å². The van der Waals surface area contributed by atoms with E-state index in [1.165, 1.54) is 0 Å². The molecule has 21 heavy (non-hydrogen) atoms. The number of aliphatic carboxylic acids is 1. The lowest BCUT2D eigenvalue weighted by atomic mass is 10.0. The van der Waals surface area contributed by atoms with Crippen molar-refractivity contribution in [2.24, 2.45) is 0 Å². The summed E-state index contributed by atoms with van der Waals surface area (Å²) in [5.41, 5.74) is 1.06. The Morgan fingerprint density at radius 3 is 2.38 bits per heavy atom. The van der Waals surface area contributed by atoms with Gasteiger partial charge in [0.05, 0.1) is 19.1 Å². The summed E-state index contributed by atoms with van der Waals surface area (Å²) in [4.78, 5) is 12.9. The van der Waals surface area contributed by atoms with Crippen LogP contribution in [0.4, 0.5) is 0 Å². The predicted octanol–water partition coefficient (Wildman–Crippen LogP) is 1.78. The molecule has 0 radical (unpaired) electrons.